The van der Waals surface area contributed by atoms with Crippen LogP contribution in [-0.4, -0.2) is 39.6 Å². The smallest absolute Gasteiger partial charge is 0.242 e. The molecule has 4 rings (SSSR count). The first-order valence-electron chi connectivity index (χ1n) is 8.47. The second-order valence-corrected chi connectivity index (χ2v) is 6.70. The minimum absolute atomic E-state index is 0.520. The zero-order chi connectivity index (χ0) is 17.1. The second kappa shape index (κ2) is 7.29. The number of fused-ring (bicyclic) bond motifs is 1. The quantitative estimate of drug-likeness (QED) is 0.774. The summed E-state index contributed by atoms with van der Waals surface area (Å²) in [5.41, 5.74) is 2.99. The van der Waals surface area contributed by atoms with Crippen LogP contribution in [0.1, 0.15) is 12.8 Å². The summed E-state index contributed by atoms with van der Waals surface area (Å²) in [5.74, 6) is 1.06. The Labute approximate surface area is 150 Å². The van der Waals surface area contributed by atoms with Crippen molar-refractivity contribution in [1.82, 2.24) is 19.9 Å². The molecule has 1 fully saturated rings. The monoisotopic (exact) mass is 356 g/mol. The average molecular weight is 357 g/mol. The molecule has 0 radical (unpaired) electrons. The number of aromatic nitrogens is 4. The first-order valence-corrected chi connectivity index (χ1v) is 8.84. The number of rotatable bonds is 4. The van der Waals surface area contributed by atoms with Crippen LogP contribution in [0.3, 0.4) is 0 Å². The van der Waals surface area contributed by atoms with Gasteiger partial charge in [-0.05, 0) is 25.0 Å². The van der Waals surface area contributed by atoms with Crippen LogP contribution in [0.15, 0.2) is 36.9 Å². The zero-order valence-electron chi connectivity index (χ0n) is 13.7. The maximum Gasteiger partial charge on any atom is 0.242 e. The molecule has 3 aromatic heterocycles. The highest BCUT2D eigenvalue weighted by atomic mass is 35.5. The molecule has 1 saturated heterocycles. The van der Waals surface area contributed by atoms with E-state index >= 15 is 0 Å². The molecule has 128 valence electrons. The van der Waals surface area contributed by atoms with E-state index in [1.54, 1.807) is 24.8 Å². The van der Waals surface area contributed by atoms with Crippen molar-refractivity contribution in [2.75, 3.05) is 19.7 Å². The highest BCUT2D eigenvalue weighted by Crippen LogP contribution is 2.28. The highest BCUT2D eigenvalue weighted by Gasteiger charge is 2.18. The second-order valence-electron chi connectivity index (χ2n) is 6.26. The van der Waals surface area contributed by atoms with E-state index in [9.17, 15) is 0 Å². The molecule has 0 amide bonds. The van der Waals surface area contributed by atoms with E-state index in [4.69, 9.17) is 16.3 Å². The van der Waals surface area contributed by atoms with Crippen molar-refractivity contribution in [2.24, 2.45) is 5.92 Å². The van der Waals surface area contributed by atoms with Gasteiger partial charge in [0.15, 0.2) is 5.52 Å². The first kappa shape index (κ1) is 16.2. The number of nitrogens with zero attached hydrogens (tertiary/aromatic N) is 4. The van der Waals surface area contributed by atoms with E-state index in [2.05, 4.69) is 25.3 Å². The van der Waals surface area contributed by atoms with Gasteiger partial charge in [0.1, 0.15) is 0 Å². The highest BCUT2D eigenvalue weighted by molar-refractivity contribution is 6.30. The van der Waals surface area contributed by atoms with Gasteiger partial charge in [0, 0.05) is 36.3 Å². The summed E-state index contributed by atoms with van der Waals surface area (Å²) in [7, 11) is 0. The van der Waals surface area contributed by atoms with Crippen molar-refractivity contribution in [1.29, 1.82) is 0 Å². The molecule has 6 nitrogen and oxygen atoms in total. The zero-order valence-corrected chi connectivity index (χ0v) is 14.5. The predicted octanol–water partition coefficient (Wildman–Crippen LogP) is 2.09. The minimum atomic E-state index is 0.520. The normalized spacial score (nSPS) is 17.6. The molecule has 1 atom stereocenters. The summed E-state index contributed by atoms with van der Waals surface area (Å²) in [6.07, 6.45) is 9.08. The van der Waals surface area contributed by atoms with Gasteiger partial charge < -0.3 is 10.1 Å². The van der Waals surface area contributed by atoms with Gasteiger partial charge in [0.2, 0.25) is 5.88 Å². The van der Waals surface area contributed by atoms with Crippen molar-refractivity contribution in [2.45, 2.75) is 12.8 Å². The van der Waals surface area contributed by atoms with Gasteiger partial charge in [0.25, 0.3) is 0 Å². The molecule has 0 spiro atoms. The molecule has 4 heterocycles. The Kier molecular flexibility index (Phi) is 4.72. The minimum Gasteiger partial charge on any atom is -0.476 e. The Balaban J connectivity index is 1.68. The Morgan fingerprint density at radius 2 is 2.12 bits per heavy atom. The van der Waals surface area contributed by atoms with Crippen molar-refractivity contribution in [3.05, 3.63) is 41.9 Å². The third-order valence-electron chi connectivity index (χ3n) is 4.40. The summed E-state index contributed by atoms with van der Waals surface area (Å²) < 4.78 is 6.06. The third kappa shape index (κ3) is 3.70. The summed E-state index contributed by atoms with van der Waals surface area (Å²) >= 11 is 6.06. The number of pyridine rings is 2. The van der Waals surface area contributed by atoms with Crippen LogP contribution in [0.4, 0.5) is 0 Å². The number of halogens is 1. The Hall–Kier alpha value is -2.31. The molecule has 0 bridgehead atoms. The van der Waals surface area contributed by atoms with Gasteiger partial charge in [-0.1, -0.05) is 11.6 Å². The van der Waals surface area contributed by atoms with E-state index in [0.717, 1.165) is 23.3 Å². The van der Waals surface area contributed by atoms with Crippen LogP contribution in [-0.2, 0) is 0 Å². The average Bonchev–Trinajstić information content (AvgIpc) is 2.67. The van der Waals surface area contributed by atoms with Crippen molar-refractivity contribution in [3.8, 4) is 17.1 Å². The number of hydrogen-bond donors (Lipinski definition) is 1. The Bertz CT molecular complexity index is 882. The molecule has 0 aliphatic carbocycles. The summed E-state index contributed by atoms with van der Waals surface area (Å²) in [4.78, 5) is 17.6. The van der Waals surface area contributed by atoms with Crippen LogP contribution >= 0.6 is 11.6 Å². The van der Waals surface area contributed by atoms with Crippen LogP contribution in [0, 0.1) is 5.92 Å². The maximum absolute atomic E-state index is 6.06. The molecule has 0 saturated carbocycles. The lowest BCUT2D eigenvalue weighted by atomic mass is 10.0. The SMILES string of the molecule is Clc1cncc(-c2cc3nccnc3c(OC[C@H]3CCC[NH2+]C3)n2)c1. The summed E-state index contributed by atoms with van der Waals surface area (Å²) in [6, 6.07) is 3.72. The van der Waals surface area contributed by atoms with Gasteiger partial charge >= 0.3 is 0 Å². The number of hydrogen-bond acceptors (Lipinski definition) is 5. The maximum atomic E-state index is 6.06. The van der Waals surface area contributed by atoms with Crippen LogP contribution in [0.25, 0.3) is 22.3 Å². The molecule has 1 aliphatic heterocycles. The number of ether oxygens (including phenoxy) is 1. The third-order valence-corrected chi connectivity index (χ3v) is 4.61. The molecule has 0 aromatic carbocycles. The molecule has 2 N–H and O–H groups in total. The first-order chi connectivity index (χ1) is 12.3. The van der Waals surface area contributed by atoms with Crippen LogP contribution in [0.2, 0.25) is 5.02 Å². The number of nitrogens with two attached hydrogens (primary N) is 1. The predicted molar refractivity (Wildman–Crippen MR) is 95.5 cm³/mol. The largest absolute Gasteiger partial charge is 0.476 e. The van der Waals surface area contributed by atoms with Crippen LogP contribution in [0.5, 0.6) is 5.88 Å². The lowest BCUT2D eigenvalue weighted by molar-refractivity contribution is -0.669. The molecular formula is C18H19ClN5O+. The lowest BCUT2D eigenvalue weighted by Crippen LogP contribution is -2.87. The van der Waals surface area contributed by atoms with E-state index < -0.39 is 0 Å². The standard InChI is InChI=1S/C18H18ClN5O/c19-14-6-13(9-21-10-14)15-7-16-17(23-5-4-22-16)18(24-15)25-11-12-2-1-3-20-8-12/h4-7,9-10,12,20H,1-3,8,11H2/p+1/t12-/m0/s1. The molecule has 0 unspecified atom stereocenters. The molecular weight excluding hydrogens is 338 g/mol. The molecule has 1 aliphatic rings. The fourth-order valence-corrected chi connectivity index (χ4v) is 3.29. The Morgan fingerprint density at radius 1 is 1.20 bits per heavy atom. The van der Waals surface area contributed by atoms with E-state index in [-0.39, 0.29) is 0 Å². The fourth-order valence-electron chi connectivity index (χ4n) is 3.11. The molecule has 3 aromatic rings. The van der Waals surface area contributed by atoms with Crippen molar-refractivity contribution in [3.63, 3.8) is 0 Å². The van der Waals surface area contributed by atoms with Gasteiger partial charge in [-0.15, -0.1) is 0 Å². The summed E-state index contributed by atoms with van der Waals surface area (Å²) in [6.45, 7) is 2.95. The van der Waals surface area contributed by atoms with E-state index in [0.29, 0.717) is 28.9 Å². The van der Waals surface area contributed by atoms with Crippen molar-refractivity contribution < 1.29 is 10.1 Å². The fraction of sp³-hybridized carbons (Fsp3) is 0.333. The van der Waals surface area contributed by atoms with Gasteiger partial charge in [-0.2, -0.15) is 0 Å². The molecule has 25 heavy (non-hydrogen) atoms. The van der Waals surface area contributed by atoms with E-state index in [1.807, 2.05) is 12.1 Å². The summed E-state index contributed by atoms with van der Waals surface area (Å²) in [5, 5.41) is 2.91. The lowest BCUT2D eigenvalue weighted by Gasteiger charge is -2.20. The van der Waals surface area contributed by atoms with Gasteiger partial charge in [-0.25, -0.2) is 9.97 Å². The van der Waals surface area contributed by atoms with Crippen LogP contribution < -0.4 is 10.1 Å². The van der Waals surface area contributed by atoms with Gasteiger partial charge in [-0.3, -0.25) is 9.97 Å². The Morgan fingerprint density at radius 3 is 2.96 bits per heavy atom. The van der Waals surface area contributed by atoms with Gasteiger partial charge in [0.05, 0.1) is 35.9 Å². The van der Waals surface area contributed by atoms with E-state index in [1.165, 1.54) is 19.4 Å². The molecule has 7 heteroatoms. The number of quaternary nitrogens is 1. The topological polar surface area (TPSA) is 77.4 Å². The number of piperidine rings is 1. The van der Waals surface area contributed by atoms with Crippen molar-refractivity contribution >= 4 is 22.6 Å².